The number of carbonyl (C=O) groups is 2. The lowest BCUT2D eigenvalue weighted by atomic mass is 10.00. The van der Waals surface area contributed by atoms with Crippen LogP contribution in [0.1, 0.15) is 68.9 Å². The first-order valence-electron chi connectivity index (χ1n) is 22.0. The molecular weight excluding hydrogens is 805 g/mol. The Hall–Kier alpha value is -6.38. The van der Waals surface area contributed by atoms with Crippen LogP contribution in [-0.4, -0.2) is 136 Å². The molecule has 0 spiro atoms. The van der Waals surface area contributed by atoms with Gasteiger partial charge < -0.3 is 38.9 Å². The van der Waals surface area contributed by atoms with Crippen LogP contribution in [0.3, 0.4) is 0 Å². The smallest absolute Gasteiger partial charge is 0.253 e. The van der Waals surface area contributed by atoms with E-state index in [1.807, 2.05) is 24.3 Å². The average molecular weight is 867 g/mol. The Morgan fingerprint density at radius 1 is 0.562 bits per heavy atom. The predicted octanol–water partition coefficient (Wildman–Crippen LogP) is 7.35. The first-order chi connectivity index (χ1) is 30.7. The summed E-state index contributed by atoms with van der Waals surface area (Å²) in [6.45, 7) is 14.4. The number of hydrogen-bond acceptors (Lipinski definition) is 12. The second kappa shape index (κ2) is 20.0. The Morgan fingerprint density at radius 3 is 1.28 bits per heavy atom. The van der Waals surface area contributed by atoms with E-state index in [9.17, 15) is 9.59 Å². The van der Waals surface area contributed by atoms with E-state index in [2.05, 4.69) is 110 Å². The van der Waals surface area contributed by atoms with Gasteiger partial charge >= 0.3 is 0 Å². The van der Waals surface area contributed by atoms with Gasteiger partial charge in [0.2, 0.25) is 0 Å². The van der Waals surface area contributed by atoms with E-state index in [0.717, 1.165) is 82.4 Å². The molecule has 336 valence electrons. The van der Waals surface area contributed by atoms with Crippen LogP contribution in [0.15, 0.2) is 85.2 Å². The van der Waals surface area contributed by atoms with Crippen molar-refractivity contribution in [2.75, 3.05) is 114 Å². The highest BCUT2D eigenvalue weighted by atomic mass is 16.5. The fraction of sp³-hybridized carbons (Fsp3) is 0.400. The molecule has 4 heterocycles. The van der Waals surface area contributed by atoms with Gasteiger partial charge in [-0.2, -0.15) is 0 Å². The van der Waals surface area contributed by atoms with Crippen LogP contribution in [0, 0.1) is 13.8 Å². The van der Waals surface area contributed by atoms with Crippen LogP contribution in [0.5, 0.6) is 0 Å². The van der Waals surface area contributed by atoms with Crippen molar-refractivity contribution in [1.29, 1.82) is 0 Å². The summed E-state index contributed by atoms with van der Waals surface area (Å²) in [6, 6.07) is 24.5. The molecule has 8 rings (SSSR count). The maximum atomic E-state index is 12.8. The molecule has 2 aromatic heterocycles. The number of nitrogens with zero attached hydrogens (tertiary/aromatic N) is 10. The van der Waals surface area contributed by atoms with Gasteiger partial charge in [-0.1, -0.05) is 24.3 Å². The Bertz CT molecular complexity index is 2430. The minimum atomic E-state index is -0.0439. The number of amides is 2. The molecule has 2 saturated heterocycles. The molecule has 0 aliphatic carbocycles. The van der Waals surface area contributed by atoms with Crippen molar-refractivity contribution in [3.05, 3.63) is 119 Å². The quantitative estimate of drug-likeness (QED) is 0.137. The van der Waals surface area contributed by atoms with E-state index in [4.69, 9.17) is 29.4 Å². The van der Waals surface area contributed by atoms with Crippen LogP contribution >= 0.6 is 0 Å². The molecule has 0 bridgehead atoms. The van der Waals surface area contributed by atoms with Crippen molar-refractivity contribution in [3.8, 4) is 0 Å². The predicted molar refractivity (Wildman–Crippen MR) is 257 cm³/mol. The number of anilines is 4. The molecule has 2 atom stereocenters. The van der Waals surface area contributed by atoms with E-state index in [1.165, 1.54) is 11.1 Å². The lowest BCUT2D eigenvalue weighted by molar-refractivity contribution is 0.0820. The van der Waals surface area contributed by atoms with Crippen LogP contribution in [0.4, 0.5) is 23.0 Å². The monoisotopic (exact) mass is 866 g/mol. The zero-order valence-corrected chi connectivity index (χ0v) is 39.0. The van der Waals surface area contributed by atoms with Crippen LogP contribution in [-0.2, 0) is 9.47 Å². The van der Waals surface area contributed by atoms with Gasteiger partial charge in [0.05, 0.1) is 73.0 Å². The van der Waals surface area contributed by atoms with Gasteiger partial charge in [-0.05, 0) is 87.4 Å². The molecule has 6 aromatic rings. The van der Waals surface area contributed by atoms with Gasteiger partial charge in [-0.25, -0.2) is 9.97 Å². The van der Waals surface area contributed by atoms with Crippen molar-refractivity contribution in [3.63, 3.8) is 0 Å². The van der Waals surface area contributed by atoms with Crippen molar-refractivity contribution in [2.24, 2.45) is 0 Å². The third kappa shape index (κ3) is 10.2. The van der Waals surface area contributed by atoms with Gasteiger partial charge in [0.25, 0.3) is 11.8 Å². The van der Waals surface area contributed by atoms with E-state index in [1.54, 1.807) is 50.4 Å². The first-order valence-corrected chi connectivity index (χ1v) is 22.0. The third-order valence-electron chi connectivity index (χ3n) is 12.2. The number of fused-ring (bicyclic) bond motifs is 2. The highest BCUT2D eigenvalue weighted by Crippen LogP contribution is 2.34. The number of carbonyl (C=O) groups excluding carboxylic acids is 2. The lowest BCUT2D eigenvalue weighted by Crippen LogP contribution is -2.36. The van der Waals surface area contributed by atoms with Gasteiger partial charge in [-0.15, -0.1) is 0 Å². The topological polar surface area (TPSA) is 124 Å². The van der Waals surface area contributed by atoms with Gasteiger partial charge in [0.1, 0.15) is 11.6 Å². The van der Waals surface area contributed by atoms with E-state index >= 15 is 0 Å². The number of aryl methyl sites for hydroxylation is 2. The Kier molecular flexibility index (Phi) is 14.3. The maximum Gasteiger partial charge on any atom is 0.253 e. The van der Waals surface area contributed by atoms with Crippen molar-refractivity contribution >= 4 is 56.9 Å². The summed E-state index contributed by atoms with van der Waals surface area (Å²) in [7, 11) is 11.2. The highest BCUT2D eigenvalue weighted by molar-refractivity contribution is 5.99. The van der Waals surface area contributed by atoms with Gasteiger partial charge in [0.15, 0.2) is 0 Å². The van der Waals surface area contributed by atoms with E-state index < -0.39 is 0 Å². The summed E-state index contributed by atoms with van der Waals surface area (Å²) < 4.78 is 11.0. The number of ether oxygens (including phenoxy) is 2. The Balaban J connectivity index is 0.000000191. The fourth-order valence-corrected chi connectivity index (χ4v) is 8.11. The third-order valence-corrected chi connectivity index (χ3v) is 12.2. The molecule has 4 aromatic carbocycles. The zero-order chi connectivity index (χ0) is 45.7. The number of benzene rings is 4. The molecule has 64 heavy (non-hydrogen) atoms. The summed E-state index contributed by atoms with van der Waals surface area (Å²) in [5, 5.41) is 0. The molecule has 0 saturated carbocycles. The number of hydrogen-bond donors (Lipinski definition) is 0. The summed E-state index contributed by atoms with van der Waals surface area (Å²) in [6.07, 6.45) is 3.60. The average Bonchev–Trinajstić information content (AvgIpc) is 3.32. The summed E-state index contributed by atoms with van der Waals surface area (Å²) in [5.41, 5.74) is 11.0. The minimum absolute atomic E-state index is 0.0107. The summed E-state index contributed by atoms with van der Waals surface area (Å²) in [5.74, 6) is 1.61. The van der Waals surface area contributed by atoms with Crippen LogP contribution in [0.25, 0.3) is 22.1 Å². The first kappa shape index (κ1) is 45.6. The molecule has 2 amide bonds. The standard InChI is InChI=1S/2C25H31N5O2/c2*1-17-7-6-8-20(13-17)29(5)18(2)21-14-19(25(31)28(3)4)15-22-24(21)27-23(16-26-22)30-9-11-32-12-10-30/h2*6-8,13-16,18H,9-12H2,1-5H3. The van der Waals surface area contributed by atoms with Crippen molar-refractivity contribution in [2.45, 2.75) is 39.8 Å². The van der Waals surface area contributed by atoms with Crippen LogP contribution in [0.2, 0.25) is 0 Å². The summed E-state index contributed by atoms with van der Waals surface area (Å²) >= 11 is 0. The molecule has 2 aliphatic heterocycles. The molecule has 0 radical (unpaired) electrons. The number of morpholine rings is 2. The molecule has 2 fully saturated rings. The van der Waals surface area contributed by atoms with Crippen molar-refractivity contribution < 1.29 is 19.1 Å². The second-order valence-electron chi connectivity index (χ2n) is 17.2. The Morgan fingerprint density at radius 2 is 0.938 bits per heavy atom. The summed E-state index contributed by atoms with van der Waals surface area (Å²) in [4.78, 5) is 57.1. The molecule has 2 aliphatic rings. The normalized spacial score (nSPS) is 15.0. The Labute approximate surface area is 377 Å². The van der Waals surface area contributed by atoms with Gasteiger partial charge in [-0.3, -0.25) is 19.6 Å². The van der Waals surface area contributed by atoms with E-state index in [-0.39, 0.29) is 23.9 Å². The van der Waals surface area contributed by atoms with E-state index in [0.29, 0.717) is 37.6 Å². The minimum Gasteiger partial charge on any atom is -0.378 e. The molecule has 2 unspecified atom stereocenters. The fourth-order valence-electron chi connectivity index (χ4n) is 8.11. The van der Waals surface area contributed by atoms with Gasteiger partial charge in [0, 0.05) is 102 Å². The van der Waals surface area contributed by atoms with Crippen LogP contribution < -0.4 is 19.6 Å². The SMILES string of the molecule is Cc1cccc(N(C)C(C)c2cc(C(=O)N(C)C)cc3ncc(N4CCOCC4)nc23)c1.Cc1cccc(N(C)C(C)c2cc(C(=O)N(C)C)cc3ncc(N4CCOCC4)nc23)c1. The number of rotatable bonds is 10. The van der Waals surface area contributed by atoms with Crippen molar-refractivity contribution in [1.82, 2.24) is 29.7 Å². The largest absolute Gasteiger partial charge is 0.378 e. The molecule has 14 heteroatoms. The highest BCUT2D eigenvalue weighted by Gasteiger charge is 2.24. The number of aromatic nitrogens is 4. The molecule has 0 N–H and O–H groups in total. The second-order valence-corrected chi connectivity index (χ2v) is 17.2. The maximum absolute atomic E-state index is 12.8. The molecule has 14 nitrogen and oxygen atoms in total. The lowest BCUT2D eigenvalue weighted by Gasteiger charge is -2.30. The zero-order valence-electron chi connectivity index (χ0n) is 39.0. The molecular formula is C50H62N10O4.